The Balaban J connectivity index is 1.91. The molecule has 1 unspecified atom stereocenters. The first-order chi connectivity index (χ1) is 12.1. The minimum atomic E-state index is -3.93. The fourth-order valence-corrected chi connectivity index (χ4v) is 4.85. The van der Waals surface area contributed by atoms with Gasteiger partial charge in [0.2, 0.25) is 0 Å². The Morgan fingerprint density at radius 3 is 2.35 bits per heavy atom. The molecular weight excluding hydrogens is 359 g/mol. The third kappa shape index (κ3) is 2.65. The number of nitrogens with one attached hydrogen (secondary N) is 2. The van der Waals surface area contributed by atoms with Crippen LogP contribution in [0.4, 0.5) is 4.39 Å². The highest BCUT2D eigenvalue weighted by Gasteiger charge is 2.57. The molecule has 1 saturated heterocycles. The van der Waals surface area contributed by atoms with E-state index in [1.54, 1.807) is 44.2 Å². The summed E-state index contributed by atoms with van der Waals surface area (Å²) in [6.07, 6.45) is 0.144. The van der Waals surface area contributed by atoms with Gasteiger partial charge in [-0.2, -0.15) is 13.1 Å². The summed E-state index contributed by atoms with van der Waals surface area (Å²) in [6, 6.07) is 11.1. The van der Waals surface area contributed by atoms with Crippen molar-refractivity contribution in [2.75, 3.05) is 0 Å². The third-order valence-corrected chi connectivity index (χ3v) is 5.69. The second-order valence-corrected chi connectivity index (χ2v) is 8.61. The predicted octanol–water partition coefficient (Wildman–Crippen LogP) is 2.21. The first kappa shape index (κ1) is 17.0. The van der Waals surface area contributed by atoms with E-state index in [1.807, 2.05) is 4.72 Å². The molecule has 0 radical (unpaired) electrons. The molecule has 1 spiro atoms. The minimum absolute atomic E-state index is 0.144. The van der Waals surface area contributed by atoms with E-state index in [9.17, 15) is 17.6 Å². The molecule has 1 atom stereocenters. The molecule has 1 amide bonds. The zero-order chi connectivity index (χ0) is 18.7. The van der Waals surface area contributed by atoms with Crippen LogP contribution in [0.5, 0.6) is 5.75 Å². The molecule has 0 aliphatic carbocycles. The Labute approximate surface area is 150 Å². The third-order valence-electron chi connectivity index (χ3n) is 4.62. The molecule has 0 aromatic heterocycles. The molecule has 136 valence electrons. The van der Waals surface area contributed by atoms with E-state index in [4.69, 9.17) is 4.74 Å². The zero-order valence-electron chi connectivity index (χ0n) is 14.2. The maximum Gasteiger partial charge on any atom is 0.302 e. The molecule has 1 fully saturated rings. The fraction of sp³-hybridized carbons (Fsp3) is 0.278. The van der Waals surface area contributed by atoms with Gasteiger partial charge in [-0.1, -0.05) is 18.2 Å². The fourth-order valence-electron chi connectivity index (χ4n) is 3.65. The van der Waals surface area contributed by atoms with Gasteiger partial charge in [0.05, 0.1) is 0 Å². The van der Waals surface area contributed by atoms with Crippen molar-refractivity contribution in [3.8, 4) is 16.9 Å². The number of carbonyl (C=O) groups is 1. The Morgan fingerprint density at radius 2 is 1.73 bits per heavy atom. The SMILES string of the molecule is CC1(C)CC2(NS(=O)(=O)NC2=O)c2cc(-c3ccc(F)cc3)ccc2O1. The standard InChI is InChI=1S/C18H17FN2O4S/c1-17(2)10-18(16(22)20-26(23,24)21-18)14-9-12(5-8-15(14)25-17)11-3-6-13(19)7-4-11/h3-9,21H,10H2,1-2H3,(H,20,22). The van der Waals surface area contributed by atoms with E-state index >= 15 is 0 Å². The van der Waals surface area contributed by atoms with Gasteiger partial charge < -0.3 is 4.74 Å². The Hall–Kier alpha value is -2.45. The summed E-state index contributed by atoms with van der Waals surface area (Å²) in [6.45, 7) is 3.59. The van der Waals surface area contributed by atoms with Crippen molar-refractivity contribution in [3.05, 3.63) is 53.8 Å². The molecular formula is C18H17FN2O4S. The average Bonchev–Trinajstić information content (AvgIpc) is 2.76. The summed E-state index contributed by atoms with van der Waals surface area (Å²) < 4.78 is 47.6. The number of rotatable bonds is 1. The van der Waals surface area contributed by atoms with Gasteiger partial charge in [-0.25, -0.2) is 9.11 Å². The monoisotopic (exact) mass is 376 g/mol. The molecule has 0 bridgehead atoms. The molecule has 2 heterocycles. The van der Waals surface area contributed by atoms with Gasteiger partial charge in [0.1, 0.15) is 22.7 Å². The normalized spacial score (nSPS) is 25.4. The van der Waals surface area contributed by atoms with E-state index in [0.717, 1.165) is 11.1 Å². The molecule has 8 heteroatoms. The molecule has 2 aromatic carbocycles. The number of ether oxygens (including phenoxy) is 1. The van der Waals surface area contributed by atoms with Crippen LogP contribution < -0.4 is 14.2 Å². The highest BCUT2D eigenvalue weighted by Crippen LogP contribution is 2.46. The summed E-state index contributed by atoms with van der Waals surface area (Å²) >= 11 is 0. The van der Waals surface area contributed by atoms with Crippen LogP contribution in [0.25, 0.3) is 11.1 Å². The van der Waals surface area contributed by atoms with Gasteiger partial charge in [-0.05, 0) is 49.2 Å². The van der Waals surface area contributed by atoms with Crippen LogP contribution in [0.3, 0.4) is 0 Å². The highest BCUT2D eigenvalue weighted by atomic mass is 32.2. The summed E-state index contributed by atoms with van der Waals surface area (Å²) in [5, 5.41) is 0. The van der Waals surface area contributed by atoms with Crippen LogP contribution in [0.2, 0.25) is 0 Å². The van der Waals surface area contributed by atoms with E-state index in [-0.39, 0.29) is 12.2 Å². The van der Waals surface area contributed by atoms with Crippen LogP contribution in [0.15, 0.2) is 42.5 Å². The van der Waals surface area contributed by atoms with Gasteiger partial charge in [0, 0.05) is 12.0 Å². The minimum Gasteiger partial charge on any atom is -0.487 e. The smallest absolute Gasteiger partial charge is 0.302 e. The molecule has 2 aromatic rings. The average molecular weight is 376 g/mol. The number of fused-ring (bicyclic) bond motifs is 2. The van der Waals surface area contributed by atoms with Crippen molar-refractivity contribution in [3.63, 3.8) is 0 Å². The first-order valence-electron chi connectivity index (χ1n) is 8.06. The van der Waals surface area contributed by atoms with Crippen LogP contribution in [-0.4, -0.2) is 19.9 Å². The van der Waals surface area contributed by atoms with E-state index in [2.05, 4.69) is 4.72 Å². The quantitative estimate of drug-likeness (QED) is 0.799. The molecule has 26 heavy (non-hydrogen) atoms. The second-order valence-electron chi connectivity index (χ2n) is 7.20. The highest BCUT2D eigenvalue weighted by molar-refractivity contribution is 7.88. The lowest BCUT2D eigenvalue weighted by molar-refractivity contribution is -0.127. The lowest BCUT2D eigenvalue weighted by atomic mass is 9.77. The molecule has 0 saturated carbocycles. The maximum atomic E-state index is 13.2. The number of benzene rings is 2. The van der Waals surface area contributed by atoms with Crippen molar-refractivity contribution >= 4 is 16.1 Å². The van der Waals surface area contributed by atoms with Crippen molar-refractivity contribution < 1.29 is 22.3 Å². The van der Waals surface area contributed by atoms with Crippen molar-refractivity contribution in [2.45, 2.75) is 31.4 Å². The Kier molecular flexibility index (Phi) is 3.45. The maximum absolute atomic E-state index is 13.2. The molecule has 6 nitrogen and oxygen atoms in total. The molecule has 4 rings (SSSR count). The van der Waals surface area contributed by atoms with Crippen LogP contribution in [0, 0.1) is 5.82 Å². The molecule has 2 aliphatic heterocycles. The van der Waals surface area contributed by atoms with Gasteiger partial charge in [0.25, 0.3) is 5.91 Å². The van der Waals surface area contributed by atoms with E-state index in [1.165, 1.54) is 12.1 Å². The topological polar surface area (TPSA) is 84.5 Å². The van der Waals surface area contributed by atoms with Crippen molar-refractivity contribution in [1.29, 1.82) is 0 Å². The lowest BCUT2D eigenvalue weighted by Crippen LogP contribution is -2.53. The van der Waals surface area contributed by atoms with Crippen molar-refractivity contribution in [2.24, 2.45) is 0 Å². The molecule has 2 N–H and O–H groups in total. The number of amides is 1. The van der Waals surface area contributed by atoms with Crippen molar-refractivity contribution in [1.82, 2.24) is 9.44 Å². The Bertz CT molecular complexity index is 1020. The van der Waals surface area contributed by atoms with Gasteiger partial charge in [0.15, 0.2) is 0 Å². The summed E-state index contributed by atoms with van der Waals surface area (Å²) in [5.74, 6) is -0.547. The summed E-state index contributed by atoms with van der Waals surface area (Å²) in [4.78, 5) is 12.7. The largest absolute Gasteiger partial charge is 0.487 e. The summed E-state index contributed by atoms with van der Waals surface area (Å²) in [7, 11) is -3.93. The Morgan fingerprint density at radius 1 is 1.08 bits per heavy atom. The number of hydrogen-bond acceptors (Lipinski definition) is 4. The second kappa shape index (κ2) is 5.28. The lowest BCUT2D eigenvalue weighted by Gasteiger charge is -2.41. The van der Waals surface area contributed by atoms with Gasteiger partial charge in [-0.3, -0.25) is 4.79 Å². The number of halogens is 1. The van der Waals surface area contributed by atoms with Gasteiger partial charge >= 0.3 is 10.2 Å². The predicted molar refractivity (Wildman–Crippen MR) is 93.0 cm³/mol. The van der Waals surface area contributed by atoms with E-state index in [0.29, 0.717) is 11.3 Å². The first-order valence-corrected chi connectivity index (χ1v) is 9.54. The van der Waals surface area contributed by atoms with Crippen LogP contribution >= 0.6 is 0 Å². The number of carbonyl (C=O) groups excluding carboxylic acids is 1. The van der Waals surface area contributed by atoms with Gasteiger partial charge in [-0.15, -0.1) is 0 Å². The van der Waals surface area contributed by atoms with E-state index < -0.39 is 27.3 Å². The van der Waals surface area contributed by atoms with Crippen LogP contribution in [-0.2, 0) is 20.5 Å². The van der Waals surface area contributed by atoms with Crippen LogP contribution in [0.1, 0.15) is 25.8 Å². The number of hydrogen-bond donors (Lipinski definition) is 2. The summed E-state index contributed by atoms with van der Waals surface area (Å²) in [5.41, 5.74) is -0.265. The molecule has 2 aliphatic rings. The zero-order valence-corrected chi connectivity index (χ0v) is 15.0.